The van der Waals surface area contributed by atoms with Crippen molar-refractivity contribution in [3.8, 4) is 0 Å². The van der Waals surface area contributed by atoms with Crippen molar-refractivity contribution >= 4 is 0 Å². The minimum absolute atomic E-state index is 0.0566. The Bertz CT molecular complexity index is 374. The Hall–Kier alpha value is -1.27. The van der Waals surface area contributed by atoms with Crippen LogP contribution < -0.4 is 0 Å². The molecule has 0 fully saturated rings. The van der Waals surface area contributed by atoms with E-state index in [0.29, 0.717) is 12.1 Å². The lowest BCUT2D eigenvalue weighted by molar-refractivity contribution is -0.143. The molecule has 1 aromatic rings. The van der Waals surface area contributed by atoms with E-state index in [1.807, 2.05) is 0 Å². The van der Waals surface area contributed by atoms with Crippen LogP contribution in [0.25, 0.3) is 0 Å². The summed E-state index contributed by atoms with van der Waals surface area (Å²) in [5.41, 5.74) is -2.58. The van der Waals surface area contributed by atoms with Crippen LogP contribution in [0.15, 0.2) is 18.2 Å². The first-order chi connectivity index (χ1) is 7.09. The summed E-state index contributed by atoms with van der Waals surface area (Å²) in [5.74, 6) is -1.22. The largest absolute Gasteiger partial charge is 0.416 e. The van der Waals surface area contributed by atoms with Gasteiger partial charge in [-0.3, -0.25) is 0 Å². The monoisotopic (exact) mass is 246 g/mol. The van der Waals surface area contributed by atoms with Gasteiger partial charge in [0.2, 0.25) is 0 Å². The highest BCUT2D eigenvalue weighted by atomic mass is 19.4. The Balaban J connectivity index is 3.19. The van der Waals surface area contributed by atoms with E-state index in [0.717, 1.165) is 0 Å². The third-order valence-electron chi connectivity index (χ3n) is 1.77. The molecule has 0 saturated heterocycles. The molecule has 1 rings (SSSR count). The van der Waals surface area contributed by atoms with Crippen LogP contribution in [0.1, 0.15) is 11.1 Å². The normalized spacial score (nSPS) is 12.9. The Morgan fingerprint density at radius 2 is 1.50 bits per heavy atom. The highest BCUT2D eigenvalue weighted by Crippen LogP contribution is 2.35. The van der Waals surface area contributed by atoms with Gasteiger partial charge in [-0.2, -0.15) is 26.3 Å². The number of halogens is 7. The summed E-state index contributed by atoms with van der Waals surface area (Å²) < 4.78 is 85.2. The van der Waals surface area contributed by atoms with Crippen LogP contribution in [-0.4, -0.2) is 6.18 Å². The van der Waals surface area contributed by atoms with Gasteiger partial charge in [-0.1, -0.05) is 6.07 Å². The maximum absolute atomic E-state index is 12.5. The molecular formula is C9H5F7. The fraction of sp³-hybridized carbons (Fsp3) is 0.333. The number of rotatable bonds is 1. The van der Waals surface area contributed by atoms with Gasteiger partial charge in [0.25, 0.3) is 0 Å². The number of hydrogen-bond donors (Lipinski definition) is 0. The van der Waals surface area contributed by atoms with Gasteiger partial charge in [-0.15, -0.1) is 0 Å². The Morgan fingerprint density at radius 3 is 1.94 bits per heavy atom. The van der Waals surface area contributed by atoms with Gasteiger partial charge in [0.05, 0.1) is 12.0 Å². The number of alkyl halides is 6. The number of benzene rings is 1. The molecule has 0 atom stereocenters. The van der Waals surface area contributed by atoms with Crippen LogP contribution in [0.5, 0.6) is 0 Å². The van der Waals surface area contributed by atoms with Crippen molar-refractivity contribution in [2.24, 2.45) is 0 Å². The van der Waals surface area contributed by atoms with E-state index in [4.69, 9.17) is 0 Å². The first-order valence-corrected chi connectivity index (χ1v) is 4.02. The molecule has 0 bridgehead atoms. The molecule has 7 heteroatoms. The first kappa shape index (κ1) is 12.8. The van der Waals surface area contributed by atoms with E-state index in [9.17, 15) is 30.7 Å². The molecular weight excluding hydrogens is 241 g/mol. The molecule has 0 aromatic heterocycles. The van der Waals surface area contributed by atoms with Crippen molar-refractivity contribution in [3.63, 3.8) is 0 Å². The van der Waals surface area contributed by atoms with Crippen LogP contribution >= 0.6 is 0 Å². The Morgan fingerprint density at radius 1 is 0.938 bits per heavy atom. The molecule has 16 heavy (non-hydrogen) atoms. The molecule has 0 amide bonds. The minimum Gasteiger partial charge on any atom is -0.207 e. The van der Waals surface area contributed by atoms with Gasteiger partial charge in [-0.25, -0.2) is 4.39 Å². The summed E-state index contributed by atoms with van der Waals surface area (Å²) in [7, 11) is 0. The maximum Gasteiger partial charge on any atom is 0.416 e. The number of hydrogen-bond acceptors (Lipinski definition) is 0. The van der Waals surface area contributed by atoms with Gasteiger partial charge in [0.15, 0.2) is 0 Å². The van der Waals surface area contributed by atoms with E-state index in [2.05, 4.69) is 0 Å². The lowest BCUT2D eigenvalue weighted by Crippen LogP contribution is -2.17. The average molecular weight is 246 g/mol. The van der Waals surface area contributed by atoms with E-state index in [-0.39, 0.29) is 6.07 Å². The van der Waals surface area contributed by atoms with Crippen LogP contribution in [0.4, 0.5) is 30.7 Å². The summed E-state index contributed by atoms with van der Waals surface area (Å²) in [4.78, 5) is 0. The molecule has 90 valence electrons. The van der Waals surface area contributed by atoms with E-state index < -0.39 is 35.7 Å². The van der Waals surface area contributed by atoms with Crippen molar-refractivity contribution in [3.05, 3.63) is 35.1 Å². The summed E-state index contributed by atoms with van der Waals surface area (Å²) in [6.45, 7) is 0. The standard InChI is InChI=1S/C9H5F7/c10-6-2-1-5(4-8(11,12)13)7(3-6)9(14,15)16/h1-3H,4H2. The summed E-state index contributed by atoms with van der Waals surface area (Å²) in [5, 5.41) is 0. The van der Waals surface area contributed by atoms with Crippen molar-refractivity contribution in [2.45, 2.75) is 18.8 Å². The lowest BCUT2D eigenvalue weighted by atomic mass is 10.0. The SMILES string of the molecule is Fc1ccc(CC(F)(F)F)c(C(F)(F)F)c1. The summed E-state index contributed by atoms with van der Waals surface area (Å²) in [6, 6.07) is 1.11. The first-order valence-electron chi connectivity index (χ1n) is 4.02. The Labute approximate surface area is 85.7 Å². The quantitative estimate of drug-likeness (QED) is 0.658. The zero-order chi connectivity index (χ0) is 12.6. The lowest BCUT2D eigenvalue weighted by Gasteiger charge is -2.14. The summed E-state index contributed by atoms with van der Waals surface area (Å²) in [6.07, 6.45) is -11.5. The molecule has 1 aromatic carbocycles. The van der Waals surface area contributed by atoms with Gasteiger partial charge in [0.1, 0.15) is 5.82 Å². The average Bonchev–Trinajstić information content (AvgIpc) is 2.04. The van der Waals surface area contributed by atoms with E-state index in [1.54, 1.807) is 0 Å². The molecule has 0 spiro atoms. The highest BCUT2D eigenvalue weighted by molar-refractivity contribution is 5.31. The third kappa shape index (κ3) is 3.39. The second-order valence-electron chi connectivity index (χ2n) is 3.09. The van der Waals surface area contributed by atoms with E-state index >= 15 is 0 Å². The van der Waals surface area contributed by atoms with Crippen molar-refractivity contribution in [1.82, 2.24) is 0 Å². The molecule has 0 radical (unpaired) electrons. The topological polar surface area (TPSA) is 0 Å². The van der Waals surface area contributed by atoms with Gasteiger partial charge >= 0.3 is 12.4 Å². The molecule has 0 unspecified atom stereocenters. The smallest absolute Gasteiger partial charge is 0.207 e. The van der Waals surface area contributed by atoms with Crippen LogP contribution in [0.2, 0.25) is 0 Å². The van der Waals surface area contributed by atoms with Crippen molar-refractivity contribution in [1.29, 1.82) is 0 Å². The van der Waals surface area contributed by atoms with Crippen molar-refractivity contribution < 1.29 is 30.7 Å². The second kappa shape index (κ2) is 3.95. The van der Waals surface area contributed by atoms with Crippen molar-refractivity contribution in [2.75, 3.05) is 0 Å². The molecule has 0 aliphatic heterocycles. The summed E-state index contributed by atoms with van der Waals surface area (Å²) >= 11 is 0. The third-order valence-corrected chi connectivity index (χ3v) is 1.77. The predicted octanol–water partition coefficient (Wildman–Crippen LogP) is 3.95. The zero-order valence-corrected chi connectivity index (χ0v) is 7.58. The predicted molar refractivity (Wildman–Crippen MR) is 41.2 cm³/mol. The zero-order valence-electron chi connectivity index (χ0n) is 7.58. The van der Waals surface area contributed by atoms with Crippen LogP contribution in [0.3, 0.4) is 0 Å². The molecule has 0 heterocycles. The van der Waals surface area contributed by atoms with E-state index in [1.165, 1.54) is 0 Å². The van der Waals surface area contributed by atoms with Gasteiger partial charge < -0.3 is 0 Å². The molecule has 0 aliphatic carbocycles. The maximum atomic E-state index is 12.5. The highest BCUT2D eigenvalue weighted by Gasteiger charge is 2.37. The Kier molecular flexibility index (Phi) is 3.16. The fourth-order valence-electron chi connectivity index (χ4n) is 1.18. The van der Waals surface area contributed by atoms with Gasteiger partial charge in [0, 0.05) is 0 Å². The second-order valence-corrected chi connectivity index (χ2v) is 3.09. The van der Waals surface area contributed by atoms with Crippen LogP contribution in [0, 0.1) is 5.82 Å². The molecule has 0 aliphatic rings. The molecule has 0 nitrogen and oxygen atoms in total. The molecule has 0 saturated carbocycles. The fourth-order valence-corrected chi connectivity index (χ4v) is 1.18. The minimum atomic E-state index is -5.00. The molecule has 0 N–H and O–H groups in total. The van der Waals surface area contributed by atoms with Crippen LogP contribution in [-0.2, 0) is 12.6 Å². The van der Waals surface area contributed by atoms with Gasteiger partial charge in [-0.05, 0) is 17.7 Å².